The second kappa shape index (κ2) is 7.21. The molecule has 20 heavy (non-hydrogen) atoms. The molecular formula is C17H28N2O. The van der Waals surface area contributed by atoms with Crippen molar-refractivity contribution in [3.05, 3.63) is 35.4 Å². The standard InChI is InChI=1S/C17H28N2O/c1-13(2)18-9-16-7-5-6-8-17(16)12-19-10-14(3)20-15(4)11-19/h5-8,13-15,18H,9-12H2,1-4H3/t14-,15+. The van der Waals surface area contributed by atoms with Gasteiger partial charge in [0.25, 0.3) is 0 Å². The summed E-state index contributed by atoms with van der Waals surface area (Å²) in [4.78, 5) is 2.51. The zero-order valence-corrected chi connectivity index (χ0v) is 13.2. The fourth-order valence-corrected chi connectivity index (χ4v) is 2.85. The third-order valence-corrected chi connectivity index (χ3v) is 3.71. The van der Waals surface area contributed by atoms with Crippen LogP contribution in [0.5, 0.6) is 0 Å². The highest BCUT2D eigenvalue weighted by Gasteiger charge is 2.22. The van der Waals surface area contributed by atoms with Crippen LogP contribution in [0.2, 0.25) is 0 Å². The smallest absolute Gasteiger partial charge is 0.0678 e. The molecule has 0 aromatic heterocycles. The second-order valence-corrected chi connectivity index (χ2v) is 6.26. The van der Waals surface area contributed by atoms with Crippen LogP contribution in [0.3, 0.4) is 0 Å². The Morgan fingerprint density at radius 3 is 2.35 bits per heavy atom. The molecule has 0 radical (unpaired) electrons. The molecule has 1 heterocycles. The van der Waals surface area contributed by atoms with Gasteiger partial charge in [-0.25, -0.2) is 0 Å². The largest absolute Gasteiger partial charge is 0.373 e. The van der Waals surface area contributed by atoms with Crippen LogP contribution in [-0.2, 0) is 17.8 Å². The van der Waals surface area contributed by atoms with Crippen molar-refractivity contribution < 1.29 is 4.74 Å². The molecule has 1 aliphatic rings. The SMILES string of the molecule is CC(C)NCc1ccccc1CN1C[C@@H](C)O[C@@H](C)C1. The average Bonchev–Trinajstić information content (AvgIpc) is 2.36. The highest BCUT2D eigenvalue weighted by atomic mass is 16.5. The first-order valence-corrected chi connectivity index (χ1v) is 7.72. The molecule has 3 nitrogen and oxygen atoms in total. The fourth-order valence-electron chi connectivity index (χ4n) is 2.85. The van der Waals surface area contributed by atoms with E-state index < -0.39 is 0 Å². The molecule has 112 valence electrons. The molecule has 0 unspecified atom stereocenters. The van der Waals surface area contributed by atoms with Gasteiger partial charge in [0.15, 0.2) is 0 Å². The Balaban J connectivity index is 2.01. The van der Waals surface area contributed by atoms with E-state index in [2.05, 4.69) is 62.2 Å². The number of benzene rings is 1. The number of nitrogens with one attached hydrogen (secondary N) is 1. The maximum absolute atomic E-state index is 5.81. The quantitative estimate of drug-likeness (QED) is 0.895. The minimum absolute atomic E-state index is 0.333. The van der Waals surface area contributed by atoms with Crippen molar-refractivity contribution in [1.29, 1.82) is 0 Å². The van der Waals surface area contributed by atoms with Gasteiger partial charge in [-0.3, -0.25) is 4.90 Å². The zero-order valence-electron chi connectivity index (χ0n) is 13.2. The fraction of sp³-hybridized carbons (Fsp3) is 0.647. The second-order valence-electron chi connectivity index (χ2n) is 6.26. The predicted molar refractivity (Wildman–Crippen MR) is 83.7 cm³/mol. The predicted octanol–water partition coefficient (Wildman–Crippen LogP) is 2.79. The van der Waals surface area contributed by atoms with Gasteiger partial charge in [-0.2, -0.15) is 0 Å². The lowest BCUT2D eigenvalue weighted by Gasteiger charge is -2.35. The Bertz CT molecular complexity index is 409. The molecule has 1 N–H and O–H groups in total. The minimum Gasteiger partial charge on any atom is -0.373 e. The van der Waals surface area contributed by atoms with E-state index in [0.29, 0.717) is 18.2 Å². The summed E-state index contributed by atoms with van der Waals surface area (Å²) in [5.41, 5.74) is 2.84. The third-order valence-electron chi connectivity index (χ3n) is 3.71. The molecule has 2 atom stereocenters. The van der Waals surface area contributed by atoms with Gasteiger partial charge in [0.05, 0.1) is 12.2 Å². The summed E-state index contributed by atoms with van der Waals surface area (Å²) in [6.45, 7) is 12.7. The summed E-state index contributed by atoms with van der Waals surface area (Å²) < 4.78 is 5.81. The number of hydrogen-bond acceptors (Lipinski definition) is 3. The van der Waals surface area contributed by atoms with Crippen molar-refractivity contribution >= 4 is 0 Å². The molecule has 1 fully saturated rings. The summed E-state index contributed by atoms with van der Waals surface area (Å²) in [6, 6.07) is 9.28. The molecule has 0 saturated carbocycles. The third kappa shape index (κ3) is 4.58. The Labute approximate surface area is 123 Å². The molecule has 0 amide bonds. The molecule has 0 bridgehead atoms. The molecule has 1 saturated heterocycles. The molecule has 0 aliphatic carbocycles. The van der Waals surface area contributed by atoms with Crippen molar-refractivity contribution in [2.75, 3.05) is 13.1 Å². The maximum Gasteiger partial charge on any atom is 0.0678 e. The van der Waals surface area contributed by atoms with Crippen molar-refractivity contribution in [3.8, 4) is 0 Å². The maximum atomic E-state index is 5.81. The van der Waals surface area contributed by atoms with Crippen LogP contribution >= 0.6 is 0 Å². The summed E-state index contributed by atoms with van der Waals surface area (Å²) in [5, 5.41) is 3.51. The van der Waals surface area contributed by atoms with Gasteiger partial charge in [0.1, 0.15) is 0 Å². The van der Waals surface area contributed by atoms with E-state index in [-0.39, 0.29) is 0 Å². The van der Waals surface area contributed by atoms with Crippen LogP contribution in [0.4, 0.5) is 0 Å². The molecule has 1 aromatic carbocycles. The van der Waals surface area contributed by atoms with E-state index in [0.717, 1.165) is 26.2 Å². The monoisotopic (exact) mass is 276 g/mol. The first-order chi connectivity index (χ1) is 9.54. The summed E-state index contributed by atoms with van der Waals surface area (Å²) in [6.07, 6.45) is 0.666. The number of ether oxygens (including phenoxy) is 1. The van der Waals surface area contributed by atoms with Gasteiger partial charge in [0, 0.05) is 32.2 Å². The van der Waals surface area contributed by atoms with Gasteiger partial charge in [-0.15, -0.1) is 0 Å². The van der Waals surface area contributed by atoms with Gasteiger partial charge in [-0.1, -0.05) is 38.1 Å². The van der Waals surface area contributed by atoms with Crippen LogP contribution in [0.1, 0.15) is 38.8 Å². The molecule has 2 rings (SSSR count). The van der Waals surface area contributed by atoms with E-state index in [1.54, 1.807) is 0 Å². The highest BCUT2D eigenvalue weighted by molar-refractivity contribution is 5.27. The van der Waals surface area contributed by atoms with E-state index in [1.807, 2.05) is 0 Å². The number of hydrogen-bond donors (Lipinski definition) is 1. The minimum atomic E-state index is 0.333. The van der Waals surface area contributed by atoms with E-state index in [9.17, 15) is 0 Å². The summed E-state index contributed by atoms with van der Waals surface area (Å²) in [7, 11) is 0. The van der Waals surface area contributed by atoms with Gasteiger partial charge < -0.3 is 10.1 Å². The number of rotatable bonds is 5. The van der Waals surface area contributed by atoms with Crippen molar-refractivity contribution in [1.82, 2.24) is 10.2 Å². The van der Waals surface area contributed by atoms with Crippen molar-refractivity contribution in [2.24, 2.45) is 0 Å². The summed E-state index contributed by atoms with van der Waals surface area (Å²) in [5.74, 6) is 0. The molecule has 1 aliphatic heterocycles. The lowest BCUT2D eigenvalue weighted by atomic mass is 10.1. The van der Waals surface area contributed by atoms with E-state index >= 15 is 0 Å². The Morgan fingerprint density at radius 1 is 1.15 bits per heavy atom. The van der Waals surface area contributed by atoms with Crippen molar-refractivity contribution in [2.45, 2.75) is 59.0 Å². The lowest BCUT2D eigenvalue weighted by molar-refractivity contribution is -0.0705. The lowest BCUT2D eigenvalue weighted by Crippen LogP contribution is -2.45. The number of morpholine rings is 1. The van der Waals surface area contributed by atoms with E-state index in [1.165, 1.54) is 11.1 Å². The molecular weight excluding hydrogens is 248 g/mol. The molecule has 3 heteroatoms. The van der Waals surface area contributed by atoms with Crippen molar-refractivity contribution in [3.63, 3.8) is 0 Å². The van der Waals surface area contributed by atoms with Crippen LogP contribution in [0.25, 0.3) is 0 Å². The normalized spacial score (nSPS) is 24.2. The van der Waals surface area contributed by atoms with Crippen LogP contribution in [0, 0.1) is 0 Å². The molecule has 1 aromatic rings. The topological polar surface area (TPSA) is 24.5 Å². The van der Waals surface area contributed by atoms with E-state index in [4.69, 9.17) is 4.74 Å². The number of nitrogens with zero attached hydrogens (tertiary/aromatic N) is 1. The summed E-state index contributed by atoms with van der Waals surface area (Å²) >= 11 is 0. The van der Waals surface area contributed by atoms with Gasteiger partial charge >= 0.3 is 0 Å². The van der Waals surface area contributed by atoms with Gasteiger partial charge in [-0.05, 0) is 25.0 Å². The van der Waals surface area contributed by atoms with Crippen LogP contribution < -0.4 is 5.32 Å². The van der Waals surface area contributed by atoms with Crippen LogP contribution in [-0.4, -0.2) is 36.2 Å². The first kappa shape index (κ1) is 15.5. The first-order valence-electron chi connectivity index (χ1n) is 7.72. The zero-order chi connectivity index (χ0) is 14.5. The van der Waals surface area contributed by atoms with Crippen LogP contribution in [0.15, 0.2) is 24.3 Å². The average molecular weight is 276 g/mol. The Kier molecular flexibility index (Phi) is 5.58. The van der Waals surface area contributed by atoms with Gasteiger partial charge in [0.2, 0.25) is 0 Å². The Hall–Kier alpha value is -0.900. The highest BCUT2D eigenvalue weighted by Crippen LogP contribution is 2.17. The molecule has 0 spiro atoms. The Morgan fingerprint density at radius 2 is 1.75 bits per heavy atom.